The van der Waals surface area contributed by atoms with Crippen molar-refractivity contribution >= 4 is 16.8 Å². The minimum Gasteiger partial charge on any atom is -0.357 e. The van der Waals surface area contributed by atoms with Crippen molar-refractivity contribution in [3.63, 3.8) is 0 Å². The summed E-state index contributed by atoms with van der Waals surface area (Å²) in [6.07, 6.45) is 0.846. The molecule has 4 rings (SSSR count). The normalized spacial score (nSPS) is 12.5. The number of alkyl halides is 3. The van der Waals surface area contributed by atoms with Crippen molar-refractivity contribution in [1.29, 1.82) is 0 Å². The molecule has 1 atom stereocenters. The highest BCUT2D eigenvalue weighted by molar-refractivity contribution is 5.93. The Morgan fingerprint density at radius 2 is 1.91 bits per heavy atom. The van der Waals surface area contributed by atoms with Crippen LogP contribution in [0.5, 0.6) is 0 Å². The quantitative estimate of drug-likeness (QED) is 0.508. The molecule has 4 aromatic rings. The average molecular weight is 454 g/mol. The third-order valence-electron chi connectivity index (χ3n) is 5.10. The van der Waals surface area contributed by atoms with Gasteiger partial charge in [0.1, 0.15) is 17.3 Å². The Morgan fingerprint density at radius 3 is 2.52 bits per heavy atom. The summed E-state index contributed by atoms with van der Waals surface area (Å²) in [4.78, 5) is 41.8. The highest BCUT2D eigenvalue weighted by atomic mass is 19.4. The van der Waals surface area contributed by atoms with E-state index in [0.717, 1.165) is 12.3 Å². The number of carbonyl (C=O) groups excluding carboxylic acids is 1. The lowest BCUT2D eigenvalue weighted by molar-refractivity contribution is -0.141. The number of amides is 1. The maximum absolute atomic E-state index is 13.3. The fourth-order valence-corrected chi connectivity index (χ4v) is 3.32. The smallest absolute Gasteiger partial charge is 0.357 e. The van der Waals surface area contributed by atoms with Crippen molar-refractivity contribution in [2.45, 2.75) is 19.1 Å². The number of rotatable bonds is 4. The minimum absolute atomic E-state index is 0.150. The topological polar surface area (TPSA) is 103 Å². The number of carbonyl (C=O) groups is 1. The van der Waals surface area contributed by atoms with Crippen molar-refractivity contribution in [2.75, 3.05) is 7.05 Å². The van der Waals surface area contributed by atoms with Crippen LogP contribution in [0.15, 0.2) is 60.0 Å². The second-order valence-corrected chi connectivity index (χ2v) is 7.17. The summed E-state index contributed by atoms with van der Waals surface area (Å²) in [5.41, 5.74) is 0.140. The van der Waals surface area contributed by atoms with Crippen LogP contribution >= 0.6 is 0 Å². The van der Waals surface area contributed by atoms with Crippen LogP contribution in [-0.2, 0) is 11.0 Å². The van der Waals surface area contributed by atoms with E-state index in [1.165, 1.54) is 36.3 Å². The van der Waals surface area contributed by atoms with Crippen LogP contribution in [0.3, 0.4) is 0 Å². The molecule has 168 valence electrons. The summed E-state index contributed by atoms with van der Waals surface area (Å²) < 4.78 is 39.9. The highest BCUT2D eigenvalue weighted by Crippen LogP contribution is 2.31. The van der Waals surface area contributed by atoms with E-state index in [-0.39, 0.29) is 28.1 Å². The highest BCUT2D eigenvalue weighted by Gasteiger charge is 2.32. The van der Waals surface area contributed by atoms with E-state index in [1.807, 2.05) is 0 Å². The fraction of sp³-hybridized carbons (Fsp3) is 0.182. The first kappa shape index (κ1) is 22.1. The van der Waals surface area contributed by atoms with Crippen LogP contribution < -0.4 is 10.9 Å². The summed E-state index contributed by atoms with van der Waals surface area (Å²) in [7, 11) is 1.46. The lowest BCUT2D eigenvalue weighted by atomic mass is 10.1. The van der Waals surface area contributed by atoms with Gasteiger partial charge >= 0.3 is 6.18 Å². The van der Waals surface area contributed by atoms with Gasteiger partial charge in [0.05, 0.1) is 23.1 Å². The first-order valence-electron chi connectivity index (χ1n) is 9.78. The molecule has 0 aliphatic heterocycles. The van der Waals surface area contributed by atoms with Gasteiger partial charge < -0.3 is 5.32 Å². The molecule has 0 spiro atoms. The molecule has 0 fully saturated rings. The zero-order valence-electron chi connectivity index (χ0n) is 17.5. The second-order valence-electron chi connectivity index (χ2n) is 7.17. The van der Waals surface area contributed by atoms with E-state index in [4.69, 9.17) is 0 Å². The molecule has 33 heavy (non-hydrogen) atoms. The number of aromatic nitrogens is 5. The van der Waals surface area contributed by atoms with Gasteiger partial charge in [-0.25, -0.2) is 9.97 Å². The number of likely N-dealkylation sites (N-methyl/N-ethyl adjacent to an activating group) is 1. The number of hydrogen-bond acceptors (Lipinski definition) is 6. The Bertz CT molecular complexity index is 1390. The molecule has 0 radical (unpaired) electrons. The van der Waals surface area contributed by atoms with Gasteiger partial charge in [-0.15, -0.1) is 0 Å². The Balaban J connectivity index is 1.97. The number of nitrogens with one attached hydrogen (secondary N) is 1. The van der Waals surface area contributed by atoms with Crippen molar-refractivity contribution in [2.24, 2.45) is 0 Å². The van der Waals surface area contributed by atoms with E-state index in [0.29, 0.717) is 11.3 Å². The van der Waals surface area contributed by atoms with Crippen molar-refractivity contribution < 1.29 is 18.0 Å². The summed E-state index contributed by atoms with van der Waals surface area (Å²) in [5.74, 6) is -0.382. The molecule has 1 N–H and O–H groups in total. The first-order valence-corrected chi connectivity index (χ1v) is 9.78. The number of halogens is 3. The van der Waals surface area contributed by atoms with Crippen LogP contribution in [0.1, 0.15) is 18.7 Å². The van der Waals surface area contributed by atoms with E-state index in [2.05, 4.69) is 25.3 Å². The summed E-state index contributed by atoms with van der Waals surface area (Å²) >= 11 is 0. The van der Waals surface area contributed by atoms with Crippen LogP contribution in [0.2, 0.25) is 0 Å². The van der Waals surface area contributed by atoms with Crippen LogP contribution in [0.25, 0.3) is 33.4 Å². The molecule has 0 aromatic carbocycles. The summed E-state index contributed by atoms with van der Waals surface area (Å²) in [5, 5.41) is 2.63. The average Bonchev–Trinajstić information content (AvgIpc) is 2.83. The zero-order valence-corrected chi connectivity index (χ0v) is 17.5. The van der Waals surface area contributed by atoms with Crippen LogP contribution in [0.4, 0.5) is 13.2 Å². The fourth-order valence-electron chi connectivity index (χ4n) is 3.32. The molecule has 4 heterocycles. The predicted molar refractivity (Wildman–Crippen MR) is 114 cm³/mol. The Morgan fingerprint density at radius 1 is 1.12 bits per heavy atom. The van der Waals surface area contributed by atoms with Gasteiger partial charge in [-0.2, -0.15) is 13.2 Å². The van der Waals surface area contributed by atoms with E-state index >= 15 is 0 Å². The van der Waals surface area contributed by atoms with E-state index in [1.54, 1.807) is 25.3 Å². The Hall–Kier alpha value is -4.15. The molecule has 4 aromatic heterocycles. The number of pyridine rings is 3. The van der Waals surface area contributed by atoms with Gasteiger partial charge in [-0.3, -0.25) is 24.1 Å². The number of nitrogens with zero attached hydrogens (tertiary/aromatic N) is 5. The Labute approximate surface area is 185 Å². The minimum atomic E-state index is -4.58. The number of hydrogen-bond donors (Lipinski definition) is 1. The van der Waals surface area contributed by atoms with Gasteiger partial charge in [-0.1, -0.05) is 0 Å². The maximum atomic E-state index is 13.3. The summed E-state index contributed by atoms with van der Waals surface area (Å²) in [6.45, 7) is 1.55. The molecule has 0 aliphatic rings. The van der Waals surface area contributed by atoms with Crippen molar-refractivity contribution in [3.8, 4) is 22.5 Å². The molecule has 8 nitrogen and oxygen atoms in total. The largest absolute Gasteiger partial charge is 0.433 e. The molecular formula is C22H17F3N6O2. The van der Waals surface area contributed by atoms with Gasteiger partial charge in [0.2, 0.25) is 5.91 Å². The molecule has 1 unspecified atom stereocenters. The monoisotopic (exact) mass is 454 g/mol. The molecule has 11 heteroatoms. The zero-order chi connectivity index (χ0) is 23.8. The van der Waals surface area contributed by atoms with Crippen molar-refractivity contribution in [3.05, 3.63) is 71.3 Å². The molecule has 0 aliphatic carbocycles. The van der Waals surface area contributed by atoms with E-state index < -0.39 is 23.5 Å². The third kappa shape index (κ3) is 4.16. The lowest BCUT2D eigenvalue weighted by Gasteiger charge is -2.15. The van der Waals surface area contributed by atoms with Gasteiger partial charge in [0.15, 0.2) is 0 Å². The second kappa shape index (κ2) is 8.41. The molecular weight excluding hydrogens is 437 g/mol. The molecule has 0 saturated heterocycles. The van der Waals surface area contributed by atoms with Crippen molar-refractivity contribution in [1.82, 2.24) is 29.8 Å². The van der Waals surface area contributed by atoms with Crippen LogP contribution in [0, 0.1) is 0 Å². The third-order valence-corrected chi connectivity index (χ3v) is 5.10. The van der Waals surface area contributed by atoms with Gasteiger partial charge in [0.25, 0.3) is 5.56 Å². The summed E-state index contributed by atoms with van der Waals surface area (Å²) in [6, 6.07) is 6.10. The maximum Gasteiger partial charge on any atom is 0.433 e. The standard InChI is InChI=1S/C22H17F3N6O2/c1-12(20(32)26-2)31-11-29-19-15(21(31)33)8-16(30-18(19)14-4-3-7-27-9-14)13-5-6-17(28-10-13)22(23,24)25/h3-12H,1-2H3,(H,26,32). The molecule has 0 saturated carbocycles. The lowest BCUT2D eigenvalue weighted by Crippen LogP contribution is -2.34. The van der Waals surface area contributed by atoms with E-state index in [9.17, 15) is 22.8 Å². The molecule has 0 bridgehead atoms. The predicted octanol–water partition coefficient (Wildman–Crippen LogP) is 3.24. The van der Waals surface area contributed by atoms with Gasteiger partial charge in [0, 0.05) is 36.8 Å². The number of fused-ring (bicyclic) bond motifs is 1. The SMILES string of the molecule is CNC(=O)C(C)n1cnc2c(-c3cccnc3)nc(-c3ccc(C(F)(F)F)nc3)cc2c1=O. The first-order chi connectivity index (χ1) is 15.7. The molecule has 1 amide bonds. The van der Waals surface area contributed by atoms with Gasteiger partial charge in [-0.05, 0) is 37.3 Å². The van der Waals surface area contributed by atoms with Crippen LogP contribution in [-0.4, -0.2) is 37.5 Å². The Kier molecular flexibility index (Phi) is 5.62.